The van der Waals surface area contributed by atoms with Crippen molar-refractivity contribution in [2.45, 2.75) is 38.7 Å². The molecule has 3 atom stereocenters. The second kappa shape index (κ2) is 4.83. The first-order valence-electron chi connectivity index (χ1n) is 4.91. The Kier molecular flexibility index (Phi) is 4.02. The smallest absolute Gasteiger partial charge is 0.0568 e. The van der Waals surface area contributed by atoms with Crippen LogP contribution in [0.25, 0.3) is 0 Å². The van der Waals surface area contributed by atoms with Gasteiger partial charge in [-0.2, -0.15) is 0 Å². The number of methoxy groups -OCH3 is 1. The molecule has 1 fully saturated rings. The summed E-state index contributed by atoms with van der Waals surface area (Å²) in [5, 5.41) is 9.61. The summed E-state index contributed by atoms with van der Waals surface area (Å²) in [5.74, 6) is 1.19. The normalized spacial score (nSPS) is 36.8. The summed E-state index contributed by atoms with van der Waals surface area (Å²) in [4.78, 5) is 0. The molecule has 0 aromatic carbocycles. The van der Waals surface area contributed by atoms with Crippen LogP contribution in [0.4, 0.5) is 0 Å². The summed E-state index contributed by atoms with van der Waals surface area (Å²) in [6, 6.07) is 0. The molecule has 1 N–H and O–H groups in total. The molecule has 2 nitrogen and oxygen atoms in total. The van der Waals surface area contributed by atoms with Crippen molar-refractivity contribution in [3.05, 3.63) is 0 Å². The zero-order chi connectivity index (χ0) is 8.97. The first-order chi connectivity index (χ1) is 5.74. The van der Waals surface area contributed by atoms with E-state index in [9.17, 15) is 5.11 Å². The summed E-state index contributed by atoms with van der Waals surface area (Å²) >= 11 is 0. The molecule has 0 spiro atoms. The maximum absolute atomic E-state index is 9.61. The van der Waals surface area contributed by atoms with Crippen LogP contribution in [0.5, 0.6) is 0 Å². The molecule has 72 valence electrons. The molecule has 0 aliphatic heterocycles. The fraction of sp³-hybridized carbons (Fsp3) is 1.00. The fourth-order valence-corrected chi connectivity index (χ4v) is 1.93. The lowest BCUT2D eigenvalue weighted by molar-refractivity contribution is 0.0433. The average Bonchev–Trinajstić information content (AvgIpc) is 2.07. The van der Waals surface area contributed by atoms with Crippen LogP contribution in [-0.2, 0) is 4.74 Å². The Morgan fingerprint density at radius 3 is 2.75 bits per heavy atom. The average molecular weight is 172 g/mol. The molecular weight excluding hydrogens is 152 g/mol. The molecule has 0 amide bonds. The molecule has 1 saturated carbocycles. The molecule has 1 rings (SSSR count). The number of rotatable bonds is 3. The van der Waals surface area contributed by atoms with Crippen LogP contribution in [0.1, 0.15) is 32.6 Å². The van der Waals surface area contributed by atoms with Gasteiger partial charge >= 0.3 is 0 Å². The van der Waals surface area contributed by atoms with Crippen molar-refractivity contribution in [3.63, 3.8) is 0 Å². The van der Waals surface area contributed by atoms with Crippen LogP contribution in [0.15, 0.2) is 0 Å². The quantitative estimate of drug-likeness (QED) is 0.703. The highest BCUT2D eigenvalue weighted by Gasteiger charge is 2.25. The van der Waals surface area contributed by atoms with E-state index in [0.717, 1.165) is 19.4 Å². The molecule has 0 aromatic heterocycles. The Hall–Kier alpha value is -0.0800. The summed E-state index contributed by atoms with van der Waals surface area (Å²) in [6.07, 6.45) is 4.46. The molecule has 0 aromatic rings. The van der Waals surface area contributed by atoms with Crippen molar-refractivity contribution in [1.82, 2.24) is 0 Å². The largest absolute Gasteiger partial charge is 0.393 e. The minimum absolute atomic E-state index is 0.0689. The molecule has 0 saturated heterocycles. The third kappa shape index (κ3) is 2.76. The Morgan fingerprint density at radius 1 is 1.42 bits per heavy atom. The minimum Gasteiger partial charge on any atom is -0.393 e. The zero-order valence-corrected chi connectivity index (χ0v) is 8.12. The molecule has 1 aliphatic rings. The Bertz CT molecular complexity index is 123. The van der Waals surface area contributed by atoms with Gasteiger partial charge in [0.2, 0.25) is 0 Å². The summed E-state index contributed by atoms with van der Waals surface area (Å²) in [5.41, 5.74) is 0. The highest BCUT2D eigenvalue weighted by atomic mass is 16.5. The van der Waals surface area contributed by atoms with E-state index in [1.807, 2.05) is 0 Å². The number of aliphatic hydroxyl groups excluding tert-OH is 1. The first kappa shape index (κ1) is 10.0. The van der Waals surface area contributed by atoms with Gasteiger partial charge < -0.3 is 9.84 Å². The standard InChI is InChI=1S/C10H20O2/c1-8-3-4-9(5-6-12-2)7-10(8)11/h8-11H,3-7H2,1-2H3. The van der Waals surface area contributed by atoms with Gasteiger partial charge in [-0.3, -0.25) is 0 Å². The van der Waals surface area contributed by atoms with Gasteiger partial charge in [0.15, 0.2) is 0 Å². The highest BCUT2D eigenvalue weighted by molar-refractivity contribution is 4.76. The van der Waals surface area contributed by atoms with Crippen LogP contribution in [0.2, 0.25) is 0 Å². The lowest BCUT2D eigenvalue weighted by atomic mass is 9.79. The number of aliphatic hydroxyl groups is 1. The van der Waals surface area contributed by atoms with Gasteiger partial charge in [-0.15, -0.1) is 0 Å². The van der Waals surface area contributed by atoms with Crippen molar-refractivity contribution in [3.8, 4) is 0 Å². The molecule has 0 radical (unpaired) electrons. The van der Waals surface area contributed by atoms with Gasteiger partial charge in [0, 0.05) is 13.7 Å². The van der Waals surface area contributed by atoms with E-state index in [2.05, 4.69) is 6.92 Å². The Balaban J connectivity index is 2.21. The van der Waals surface area contributed by atoms with E-state index < -0.39 is 0 Å². The van der Waals surface area contributed by atoms with Gasteiger partial charge in [-0.25, -0.2) is 0 Å². The van der Waals surface area contributed by atoms with E-state index in [1.54, 1.807) is 7.11 Å². The number of hydrogen-bond donors (Lipinski definition) is 1. The van der Waals surface area contributed by atoms with E-state index in [0.29, 0.717) is 11.8 Å². The van der Waals surface area contributed by atoms with Crippen LogP contribution in [-0.4, -0.2) is 24.9 Å². The summed E-state index contributed by atoms with van der Waals surface area (Å²) in [7, 11) is 1.74. The second-order valence-corrected chi connectivity index (χ2v) is 4.01. The monoisotopic (exact) mass is 172 g/mol. The maximum atomic E-state index is 9.61. The molecule has 3 unspecified atom stereocenters. The summed E-state index contributed by atoms with van der Waals surface area (Å²) < 4.78 is 5.03. The van der Waals surface area contributed by atoms with E-state index in [4.69, 9.17) is 4.74 Å². The molecular formula is C10H20O2. The van der Waals surface area contributed by atoms with Crippen molar-refractivity contribution >= 4 is 0 Å². The van der Waals surface area contributed by atoms with Crippen LogP contribution >= 0.6 is 0 Å². The van der Waals surface area contributed by atoms with E-state index in [-0.39, 0.29) is 6.10 Å². The van der Waals surface area contributed by atoms with Gasteiger partial charge in [0.05, 0.1) is 6.10 Å². The SMILES string of the molecule is COCCC1CCC(C)C(O)C1. The second-order valence-electron chi connectivity index (χ2n) is 4.01. The van der Waals surface area contributed by atoms with Crippen LogP contribution in [0.3, 0.4) is 0 Å². The van der Waals surface area contributed by atoms with E-state index in [1.165, 1.54) is 12.8 Å². The highest BCUT2D eigenvalue weighted by Crippen LogP contribution is 2.30. The molecule has 2 heteroatoms. The topological polar surface area (TPSA) is 29.5 Å². The Labute approximate surface area is 74.9 Å². The van der Waals surface area contributed by atoms with Gasteiger partial charge in [-0.05, 0) is 37.5 Å². The van der Waals surface area contributed by atoms with Crippen molar-refractivity contribution in [1.29, 1.82) is 0 Å². The molecule has 1 aliphatic carbocycles. The third-order valence-electron chi connectivity index (χ3n) is 2.99. The molecule has 12 heavy (non-hydrogen) atoms. The first-order valence-corrected chi connectivity index (χ1v) is 4.91. The molecule has 0 bridgehead atoms. The fourth-order valence-electron chi connectivity index (χ4n) is 1.93. The third-order valence-corrected chi connectivity index (χ3v) is 2.99. The van der Waals surface area contributed by atoms with Crippen LogP contribution in [0, 0.1) is 11.8 Å². The lowest BCUT2D eigenvalue weighted by Gasteiger charge is -2.30. The predicted molar refractivity (Wildman–Crippen MR) is 49.0 cm³/mol. The van der Waals surface area contributed by atoms with Gasteiger partial charge in [-0.1, -0.05) is 6.92 Å². The van der Waals surface area contributed by atoms with Crippen molar-refractivity contribution in [2.75, 3.05) is 13.7 Å². The maximum Gasteiger partial charge on any atom is 0.0568 e. The minimum atomic E-state index is -0.0689. The predicted octanol–water partition coefficient (Wildman–Crippen LogP) is 1.82. The van der Waals surface area contributed by atoms with Crippen molar-refractivity contribution in [2.24, 2.45) is 11.8 Å². The van der Waals surface area contributed by atoms with Crippen LogP contribution < -0.4 is 0 Å². The lowest BCUT2D eigenvalue weighted by Crippen LogP contribution is -2.27. The number of hydrogen-bond acceptors (Lipinski definition) is 2. The zero-order valence-electron chi connectivity index (χ0n) is 8.12. The van der Waals surface area contributed by atoms with Gasteiger partial charge in [0.1, 0.15) is 0 Å². The van der Waals surface area contributed by atoms with Crippen molar-refractivity contribution < 1.29 is 9.84 Å². The number of ether oxygens (including phenoxy) is 1. The summed E-state index contributed by atoms with van der Waals surface area (Å²) in [6.45, 7) is 2.98. The Morgan fingerprint density at radius 2 is 2.17 bits per heavy atom. The van der Waals surface area contributed by atoms with E-state index >= 15 is 0 Å². The van der Waals surface area contributed by atoms with Gasteiger partial charge in [0.25, 0.3) is 0 Å². The molecule has 0 heterocycles.